The molecular formula is C18H23N4O2+. The van der Waals surface area contributed by atoms with Crippen LogP contribution in [0.15, 0.2) is 53.8 Å². The number of benzene rings is 1. The van der Waals surface area contributed by atoms with Gasteiger partial charge in [0.15, 0.2) is 0 Å². The number of pyridine rings is 1. The van der Waals surface area contributed by atoms with Crippen LogP contribution < -0.4 is 5.32 Å². The van der Waals surface area contributed by atoms with Crippen molar-refractivity contribution < 1.29 is 14.5 Å². The summed E-state index contributed by atoms with van der Waals surface area (Å²) in [6.07, 6.45) is 2.68. The van der Waals surface area contributed by atoms with E-state index in [2.05, 4.69) is 41.7 Å². The number of carbonyl (C=O) groups excluding carboxylic acids is 1. The van der Waals surface area contributed by atoms with E-state index in [4.69, 9.17) is 5.21 Å². The van der Waals surface area contributed by atoms with Gasteiger partial charge in [-0.2, -0.15) is 0 Å². The lowest BCUT2D eigenvalue weighted by molar-refractivity contribution is -0.902. The van der Waals surface area contributed by atoms with Gasteiger partial charge in [-0.05, 0) is 12.1 Å². The largest absolute Gasteiger partial charge is 0.411 e. The molecule has 1 aromatic heterocycles. The van der Waals surface area contributed by atoms with Gasteiger partial charge in [-0.3, -0.25) is 9.78 Å². The number of hydrogen-bond acceptors (Lipinski definition) is 4. The van der Waals surface area contributed by atoms with E-state index >= 15 is 0 Å². The van der Waals surface area contributed by atoms with Crippen LogP contribution in [0.2, 0.25) is 0 Å². The predicted molar refractivity (Wildman–Crippen MR) is 93.1 cm³/mol. The molecule has 1 heterocycles. The van der Waals surface area contributed by atoms with Crippen molar-refractivity contribution in [3.8, 4) is 0 Å². The molecule has 0 aliphatic rings. The maximum Gasteiger partial charge on any atom is 0.253 e. The third-order valence-corrected chi connectivity index (χ3v) is 3.69. The van der Waals surface area contributed by atoms with E-state index in [0.29, 0.717) is 17.8 Å². The monoisotopic (exact) mass is 327 g/mol. The Hall–Kier alpha value is -2.73. The van der Waals surface area contributed by atoms with Crippen molar-refractivity contribution >= 4 is 12.1 Å². The van der Waals surface area contributed by atoms with E-state index in [1.165, 1.54) is 18.0 Å². The molecule has 0 unspecified atom stereocenters. The second-order valence-electron chi connectivity index (χ2n) is 6.28. The Morgan fingerprint density at radius 3 is 2.62 bits per heavy atom. The highest BCUT2D eigenvalue weighted by Gasteiger charge is 2.16. The van der Waals surface area contributed by atoms with Gasteiger partial charge in [0.2, 0.25) is 0 Å². The Balaban J connectivity index is 1.83. The first-order valence-electron chi connectivity index (χ1n) is 7.78. The van der Waals surface area contributed by atoms with Crippen LogP contribution >= 0.6 is 0 Å². The van der Waals surface area contributed by atoms with Crippen LogP contribution in [0.3, 0.4) is 0 Å². The number of quaternary nitrogens is 1. The SMILES string of the molecule is C[N+](C)(CCNC(=O)c1ccc(/C=N\O)nc1)Cc1ccccc1. The van der Waals surface area contributed by atoms with E-state index < -0.39 is 0 Å². The molecule has 126 valence electrons. The van der Waals surface area contributed by atoms with Gasteiger partial charge in [0.1, 0.15) is 6.54 Å². The fourth-order valence-electron chi connectivity index (χ4n) is 2.41. The molecule has 0 atom stereocenters. The molecule has 0 spiro atoms. The number of nitrogens with one attached hydrogen (secondary N) is 1. The fraction of sp³-hybridized carbons (Fsp3) is 0.278. The van der Waals surface area contributed by atoms with E-state index in [0.717, 1.165) is 17.6 Å². The summed E-state index contributed by atoms with van der Waals surface area (Å²) in [7, 11) is 4.29. The lowest BCUT2D eigenvalue weighted by Gasteiger charge is -2.30. The highest BCUT2D eigenvalue weighted by atomic mass is 16.4. The minimum Gasteiger partial charge on any atom is -0.411 e. The molecule has 6 heteroatoms. The zero-order valence-electron chi connectivity index (χ0n) is 14.0. The first-order chi connectivity index (χ1) is 11.5. The molecule has 2 N–H and O–H groups in total. The number of hydrogen-bond donors (Lipinski definition) is 2. The van der Waals surface area contributed by atoms with Crippen LogP contribution in [-0.2, 0) is 6.54 Å². The molecule has 2 aromatic rings. The average Bonchev–Trinajstić information content (AvgIpc) is 2.56. The fourth-order valence-corrected chi connectivity index (χ4v) is 2.41. The van der Waals surface area contributed by atoms with Crippen molar-refractivity contribution in [2.24, 2.45) is 5.16 Å². The van der Waals surface area contributed by atoms with Crippen LogP contribution in [0.1, 0.15) is 21.6 Å². The molecule has 2 rings (SSSR count). The molecule has 0 radical (unpaired) electrons. The molecule has 0 saturated heterocycles. The average molecular weight is 327 g/mol. The Morgan fingerprint density at radius 2 is 2.00 bits per heavy atom. The summed E-state index contributed by atoms with van der Waals surface area (Å²) in [5.74, 6) is -0.158. The number of oxime groups is 1. The summed E-state index contributed by atoms with van der Waals surface area (Å²) in [5, 5.41) is 14.3. The molecule has 0 fully saturated rings. The molecule has 1 amide bonds. The smallest absolute Gasteiger partial charge is 0.253 e. The summed E-state index contributed by atoms with van der Waals surface area (Å²) in [4.78, 5) is 16.1. The molecule has 0 aliphatic heterocycles. The van der Waals surface area contributed by atoms with Crippen molar-refractivity contribution in [1.82, 2.24) is 10.3 Å². The first kappa shape index (κ1) is 17.6. The zero-order chi connectivity index (χ0) is 17.4. The van der Waals surface area contributed by atoms with Crippen molar-refractivity contribution in [3.05, 3.63) is 65.5 Å². The predicted octanol–water partition coefficient (Wildman–Crippen LogP) is 1.90. The minimum absolute atomic E-state index is 0.158. The standard InChI is InChI=1S/C18H22N4O2/c1-22(2,14-15-6-4-3-5-7-15)11-10-19-18(23)16-8-9-17(13-21-24)20-12-16/h3-9,12-13H,10-11,14H2,1-2H3,(H-,19,20,23,24)/p+1. The molecule has 6 nitrogen and oxygen atoms in total. The van der Waals surface area contributed by atoms with Crippen molar-refractivity contribution in [3.63, 3.8) is 0 Å². The quantitative estimate of drug-likeness (QED) is 0.353. The van der Waals surface area contributed by atoms with Crippen LogP contribution in [0.4, 0.5) is 0 Å². The van der Waals surface area contributed by atoms with Gasteiger partial charge in [-0.15, -0.1) is 0 Å². The zero-order valence-corrected chi connectivity index (χ0v) is 14.0. The van der Waals surface area contributed by atoms with E-state index in [-0.39, 0.29) is 5.91 Å². The Bertz CT molecular complexity index is 682. The molecule has 0 bridgehead atoms. The number of likely N-dealkylation sites (N-methyl/N-ethyl adjacent to an activating group) is 1. The molecule has 1 aromatic carbocycles. The molecule has 0 saturated carbocycles. The van der Waals surface area contributed by atoms with Crippen molar-refractivity contribution in [2.45, 2.75) is 6.54 Å². The van der Waals surface area contributed by atoms with Gasteiger partial charge in [0, 0.05) is 11.8 Å². The maximum absolute atomic E-state index is 12.1. The van der Waals surface area contributed by atoms with Gasteiger partial charge in [-0.1, -0.05) is 35.5 Å². The summed E-state index contributed by atoms with van der Waals surface area (Å²) < 4.78 is 0.786. The van der Waals surface area contributed by atoms with Gasteiger partial charge >= 0.3 is 0 Å². The normalized spacial score (nSPS) is 11.6. The summed E-state index contributed by atoms with van der Waals surface area (Å²) in [6, 6.07) is 13.6. The van der Waals surface area contributed by atoms with Gasteiger partial charge < -0.3 is 15.0 Å². The topological polar surface area (TPSA) is 74.6 Å². The van der Waals surface area contributed by atoms with Crippen LogP contribution in [-0.4, -0.2) is 54.0 Å². The summed E-state index contributed by atoms with van der Waals surface area (Å²) in [5.41, 5.74) is 2.26. The summed E-state index contributed by atoms with van der Waals surface area (Å²) in [6.45, 7) is 2.31. The highest BCUT2D eigenvalue weighted by Crippen LogP contribution is 2.08. The molecular weight excluding hydrogens is 304 g/mol. The Morgan fingerprint density at radius 1 is 1.25 bits per heavy atom. The molecule has 24 heavy (non-hydrogen) atoms. The molecule has 0 aliphatic carbocycles. The maximum atomic E-state index is 12.1. The number of aromatic nitrogens is 1. The minimum atomic E-state index is -0.158. The first-order valence-corrected chi connectivity index (χ1v) is 7.78. The van der Waals surface area contributed by atoms with Crippen LogP contribution in [0.25, 0.3) is 0 Å². The lowest BCUT2D eigenvalue weighted by Crippen LogP contribution is -2.44. The number of carbonyl (C=O) groups is 1. The van der Waals surface area contributed by atoms with Crippen molar-refractivity contribution in [1.29, 1.82) is 0 Å². The Labute approximate surface area is 142 Å². The van der Waals surface area contributed by atoms with Gasteiger partial charge in [0.05, 0.1) is 44.7 Å². The van der Waals surface area contributed by atoms with E-state index in [1.807, 2.05) is 18.2 Å². The van der Waals surface area contributed by atoms with Crippen LogP contribution in [0, 0.1) is 0 Å². The lowest BCUT2D eigenvalue weighted by atomic mass is 10.2. The Kier molecular flexibility index (Phi) is 6.03. The summed E-state index contributed by atoms with van der Waals surface area (Å²) >= 11 is 0. The number of nitrogens with zero attached hydrogens (tertiary/aromatic N) is 3. The highest BCUT2D eigenvalue weighted by molar-refractivity contribution is 5.94. The van der Waals surface area contributed by atoms with E-state index in [1.54, 1.807) is 12.1 Å². The third-order valence-electron chi connectivity index (χ3n) is 3.69. The number of amides is 1. The van der Waals surface area contributed by atoms with E-state index in [9.17, 15) is 4.79 Å². The van der Waals surface area contributed by atoms with Gasteiger partial charge in [0.25, 0.3) is 5.91 Å². The van der Waals surface area contributed by atoms with Crippen molar-refractivity contribution in [2.75, 3.05) is 27.2 Å². The number of rotatable bonds is 7. The second kappa shape index (κ2) is 8.21. The third kappa shape index (κ3) is 5.48. The van der Waals surface area contributed by atoms with Crippen LogP contribution in [0.5, 0.6) is 0 Å². The second-order valence-corrected chi connectivity index (χ2v) is 6.28. The van der Waals surface area contributed by atoms with Gasteiger partial charge in [-0.25, -0.2) is 0 Å².